The Hall–Kier alpha value is -1.26. The molecule has 0 aromatic heterocycles. The van der Waals surface area contributed by atoms with Gasteiger partial charge in [0.2, 0.25) is 0 Å². The Morgan fingerprint density at radius 3 is 2.56 bits per heavy atom. The Morgan fingerprint density at radius 2 is 2.00 bits per heavy atom. The minimum absolute atomic E-state index is 0.102. The summed E-state index contributed by atoms with van der Waals surface area (Å²) in [6, 6.07) is -0.102. The highest BCUT2D eigenvalue weighted by Gasteiger charge is 2.21. The Balaban J connectivity index is 2.02. The third-order valence-corrected chi connectivity index (χ3v) is 3.43. The van der Waals surface area contributed by atoms with Crippen molar-refractivity contribution in [2.45, 2.75) is 45.4 Å². The molecule has 104 valence electrons. The number of hydrogen-bond acceptors (Lipinski definition) is 2. The largest absolute Gasteiger partial charge is 0.481 e. The number of carbonyl (C=O) groups is 2. The van der Waals surface area contributed by atoms with Gasteiger partial charge in [-0.1, -0.05) is 13.3 Å². The fourth-order valence-electron chi connectivity index (χ4n) is 1.89. The molecule has 1 saturated carbocycles. The maximum atomic E-state index is 11.4. The minimum Gasteiger partial charge on any atom is -0.481 e. The number of aliphatic carboxylic acids is 1. The van der Waals surface area contributed by atoms with Crippen LogP contribution < -0.4 is 10.6 Å². The molecule has 18 heavy (non-hydrogen) atoms. The van der Waals surface area contributed by atoms with Crippen molar-refractivity contribution in [2.75, 3.05) is 13.1 Å². The monoisotopic (exact) mass is 256 g/mol. The van der Waals surface area contributed by atoms with Gasteiger partial charge in [-0.05, 0) is 37.5 Å². The van der Waals surface area contributed by atoms with Gasteiger partial charge in [-0.15, -0.1) is 0 Å². The number of amides is 2. The highest BCUT2D eigenvalue weighted by atomic mass is 16.4. The van der Waals surface area contributed by atoms with E-state index in [0.717, 1.165) is 19.4 Å². The van der Waals surface area contributed by atoms with Crippen LogP contribution >= 0.6 is 0 Å². The van der Waals surface area contributed by atoms with E-state index in [2.05, 4.69) is 17.6 Å². The van der Waals surface area contributed by atoms with E-state index < -0.39 is 5.97 Å². The van der Waals surface area contributed by atoms with Gasteiger partial charge in [-0.2, -0.15) is 0 Å². The topological polar surface area (TPSA) is 78.4 Å². The molecule has 1 fully saturated rings. The molecule has 1 aliphatic carbocycles. The van der Waals surface area contributed by atoms with Crippen LogP contribution in [0.4, 0.5) is 4.79 Å². The highest BCUT2D eigenvalue weighted by molar-refractivity contribution is 5.73. The third kappa shape index (κ3) is 7.14. The van der Waals surface area contributed by atoms with Crippen molar-refractivity contribution in [3.05, 3.63) is 0 Å². The summed E-state index contributed by atoms with van der Waals surface area (Å²) in [6.45, 7) is 3.45. The molecule has 0 bridgehead atoms. The molecule has 5 heteroatoms. The molecule has 0 heterocycles. The van der Waals surface area contributed by atoms with E-state index >= 15 is 0 Å². The molecule has 1 rings (SSSR count). The number of urea groups is 1. The number of carboxylic acid groups (broad SMARTS) is 1. The van der Waals surface area contributed by atoms with Crippen LogP contribution in [0.3, 0.4) is 0 Å². The zero-order valence-corrected chi connectivity index (χ0v) is 11.1. The Kier molecular flexibility index (Phi) is 6.54. The highest BCUT2D eigenvalue weighted by Crippen LogP contribution is 2.27. The first kappa shape index (κ1) is 14.8. The lowest BCUT2D eigenvalue weighted by atomic mass is 9.97. The van der Waals surface area contributed by atoms with Gasteiger partial charge in [-0.25, -0.2) is 4.79 Å². The SMILES string of the molecule is CCC(CCNC(=O)NCC1CC1)CCC(=O)O. The Morgan fingerprint density at radius 1 is 1.28 bits per heavy atom. The van der Waals surface area contributed by atoms with Crippen LogP contribution in [-0.4, -0.2) is 30.2 Å². The van der Waals surface area contributed by atoms with Gasteiger partial charge >= 0.3 is 12.0 Å². The van der Waals surface area contributed by atoms with E-state index in [4.69, 9.17) is 5.11 Å². The van der Waals surface area contributed by atoms with Crippen molar-refractivity contribution in [3.8, 4) is 0 Å². The van der Waals surface area contributed by atoms with E-state index in [0.29, 0.717) is 24.8 Å². The van der Waals surface area contributed by atoms with E-state index in [1.54, 1.807) is 0 Å². The van der Waals surface area contributed by atoms with E-state index in [1.807, 2.05) is 0 Å². The van der Waals surface area contributed by atoms with E-state index in [-0.39, 0.29) is 12.5 Å². The number of hydrogen-bond donors (Lipinski definition) is 3. The maximum absolute atomic E-state index is 11.4. The molecular weight excluding hydrogens is 232 g/mol. The van der Waals surface area contributed by atoms with Crippen molar-refractivity contribution < 1.29 is 14.7 Å². The second-order valence-corrected chi connectivity index (χ2v) is 5.08. The van der Waals surface area contributed by atoms with Crippen molar-refractivity contribution in [3.63, 3.8) is 0 Å². The Labute approximate surface area is 108 Å². The summed E-state index contributed by atoms with van der Waals surface area (Å²) in [4.78, 5) is 21.9. The molecule has 0 aliphatic heterocycles. The fourth-order valence-corrected chi connectivity index (χ4v) is 1.89. The smallest absolute Gasteiger partial charge is 0.314 e. The summed E-state index contributed by atoms with van der Waals surface area (Å²) in [5, 5.41) is 14.3. The molecule has 5 nitrogen and oxygen atoms in total. The van der Waals surface area contributed by atoms with Crippen LogP contribution in [0.1, 0.15) is 45.4 Å². The zero-order valence-electron chi connectivity index (χ0n) is 11.1. The van der Waals surface area contributed by atoms with Crippen LogP contribution in [0, 0.1) is 11.8 Å². The summed E-state index contributed by atoms with van der Waals surface area (Å²) in [7, 11) is 0. The van der Waals surface area contributed by atoms with Gasteiger partial charge in [0.25, 0.3) is 0 Å². The van der Waals surface area contributed by atoms with Crippen molar-refractivity contribution in [1.82, 2.24) is 10.6 Å². The second-order valence-electron chi connectivity index (χ2n) is 5.08. The molecule has 0 saturated heterocycles. The summed E-state index contributed by atoms with van der Waals surface area (Å²) in [6.07, 6.45) is 5.17. The standard InChI is InChI=1S/C13H24N2O3/c1-2-10(5-6-12(16)17)7-8-14-13(18)15-9-11-3-4-11/h10-11H,2-9H2,1H3,(H,16,17)(H2,14,15,18). The summed E-state index contributed by atoms with van der Waals surface area (Å²) in [5.74, 6) is 0.322. The lowest BCUT2D eigenvalue weighted by Gasteiger charge is -2.14. The van der Waals surface area contributed by atoms with Gasteiger partial charge in [-0.3, -0.25) is 4.79 Å². The number of carbonyl (C=O) groups excluding carboxylic acids is 1. The fraction of sp³-hybridized carbons (Fsp3) is 0.846. The summed E-state index contributed by atoms with van der Waals surface area (Å²) >= 11 is 0. The zero-order chi connectivity index (χ0) is 13.4. The maximum Gasteiger partial charge on any atom is 0.314 e. The molecule has 3 N–H and O–H groups in total. The summed E-state index contributed by atoms with van der Waals surface area (Å²) < 4.78 is 0. The van der Waals surface area contributed by atoms with Gasteiger partial charge < -0.3 is 15.7 Å². The molecule has 0 spiro atoms. The number of nitrogens with one attached hydrogen (secondary N) is 2. The number of rotatable bonds is 9. The van der Waals surface area contributed by atoms with Gasteiger partial charge in [0.1, 0.15) is 0 Å². The molecular formula is C13H24N2O3. The predicted octanol–water partition coefficient (Wildman–Crippen LogP) is 1.98. The lowest BCUT2D eigenvalue weighted by Crippen LogP contribution is -2.37. The second kappa shape index (κ2) is 7.95. The average Bonchev–Trinajstić information content (AvgIpc) is 3.14. The first-order chi connectivity index (χ1) is 8.61. The van der Waals surface area contributed by atoms with Crippen LogP contribution in [0.15, 0.2) is 0 Å². The van der Waals surface area contributed by atoms with E-state index in [9.17, 15) is 9.59 Å². The Bertz CT molecular complexity index is 277. The molecule has 0 radical (unpaired) electrons. The molecule has 0 aromatic carbocycles. The third-order valence-electron chi connectivity index (χ3n) is 3.43. The minimum atomic E-state index is -0.747. The quantitative estimate of drug-likeness (QED) is 0.590. The van der Waals surface area contributed by atoms with Crippen molar-refractivity contribution in [1.29, 1.82) is 0 Å². The van der Waals surface area contributed by atoms with Gasteiger partial charge in [0.05, 0.1) is 0 Å². The first-order valence-electron chi connectivity index (χ1n) is 6.85. The van der Waals surface area contributed by atoms with Crippen molar-refractivity contribution >= 4 is 12.0 Å². The molecule has 1 aliphatic rings. The van der Waals surface area contributed by atoms with Crippen molar-refractivity contribution in [2.24, 2.45) is 11.8 Å². The van der Waals surface area contributed by atoms with Gasteiger partial charge in [0, 0.05) is 19.5 Å². The first-order valence-corrected chi connectivity index (χ1v) is 6.85. The predicted molar refractivity (Wildman–Crippen MR) is 69.4 cm³/mol. The lowest BCUT2D eigenvalue weighted by molar-refractivity contribution is -0.137. The average molecular weight is 256 g/mol. The van der Waals surface area contributed by atoms with Crippen LogP contribution in [-0.2, 0) is 4.79 Å². The molecule has 1 atom stereocenters. The van der Waals surface area contributed by atoms with Gasteiger partial charge in [0.15, 0.2) is 0 Å². The molecule has 0 aromatic rings. The molecule has 2 amide bonds. The number of carboxylic acids is 1. The normalized spacial score (nSPS) is 16.1. The van der Waals surface area contributed by atoms with Crippen LogP contribution in [0.25, 0.3) is 0 Å². The van der Waals surface area contributed by atoms with E-state index in [1.165, 1.54) is 12.8 Å². The van der Waals surface area contributed by atoms with Crippen LogP contribution in [0.5, 0.6) is 0 Å². The molecule has 1 unspecified atom stereocenters. The summed E-state index contributed by atoms with van der Waals surface area (Å²) in [5.41, 5.74) is 0. The van der Waals surface area contributed by atoms with Crippen LogP contribution in [0.2, 0.25) is 0 Å².